The summed E-state index contributed by atoms with van der Waals surface area (Å²) < 4.78 is 27.5. The van der Waals surface area contributed by atoms with Crippen LogP contribution in [0, 0.1) is 0 Å². The van der Waals surface area contributed by atoms with Crippen molar-refractivity contribution >= 4 is 32.4 Å². The van der Waals surface area contributed by atoms with Crippen molar-refractivity contribution in [1.82, 2.24) is 10.1 Å². The van der Waals surface area contributed by atoms with E-state index in [4.69, 9.17) is 0 Å². The third kappa shape index (κ3) is 6.30. The van der Waals surface area contributed by atoms with Crippen molar-refractivity contribution in [2.75, 3.05) is 12.0 Å². The zero-order valence-electron chi connectivity index (χ0n) is 16.1. The fourth-order valence-corrected chi connectivity index (χ4v) is 4.05. The Labute approximate surface area is 171 Å². The molecule has 0 fully saturated rings. The molecular weight excluding hydrogens is 386 g/mol. The molecule has 0 aliphatic carbocycles. The van der Waals surface area contributed by atoms with Gasteiger partial charge in [0, 0.05) is 13.0 Å². The summed E-state index contributed by atoms with van der Waals surface area (Å²) in [5.74, 6) is -0.0920. The van der Waals surface area contributed by atoms with Gasteiger partial charge in [0.05, 0.1) is 10.6 Å². The normalized spacial score (nSPS) is 11.3. The van der Waals surface area contributed by atoms with E-state index < -0.39 is 10.0 Å². The lowest BCUT2D eigenvalue weighted by Gasteiger charge is -2.09. The molecule has 3 aromatic carbocycles. The number of sulfonamides is 1. The Hall–Kier alpha value is -2.90. The highest BCUT2D eigenvalue weighted by molar-refractivity contribution is 7.89. The van der Waals surface area contributed by atoms with Gasteiger partial charge in [-0.2, -0.15) is 0 Å². The van der Waals surface area contributed by atoms with Crippen LogP contribution >= 0.6 is 0 Å². The molecule has 0 radical (unpaired) electrons. The van der Waals surface area contributed by atoms with Gasteiger partial charge in [0.1, 0.15) is 0 Å². The lowest BCUT2D eigenvalue weighted by molar-refractivity contribution is -0.120. The van der Waals surface area contributed by atoms with Crippen LogP contribution < -0.4 is 15.6 Å². The first-order valence-corrected chi connectivity index (χ1v) is 11.1. The van der Waals surface area contributed by atoms with Crippen LogP contribution in [0.15, 0.2) is 77.7 Å². The third-order valence-corrected chi connectivity index (χ3v) is 5.98. The van der Waals surface area contributed by atoms with Gasteiger partial charge < -0.3 is 0 Å². The molecule has 0 aliphatic heterocycles. The maximum atomic E-state index is 12.5. The van der Waals surface area contributed by atoms with Crippen molar-refractivity contribution in [2.45, 2.75) is 30.6 Å². The Morgan fingerprint density at radius 1 is 0.793 bits per heavy atom. The standard InChI is InChI=1S/C22H25N3O3S/c26-22(25-24-20-11-3-1-4-12-20)13-5-2-8-16-23-29(27,28)21-15-14-18-9-6-7-10-19(18)17-21/h1,3-4,6-7,9-12,14-15,17,23-24H,2,5,8,13,16H2,(H,25,26). The number of amides is 1. The molecule has 0 spiro atoms. The first-order valence-electron chi connectivity index (χ1n) is 9.63. The molecule has 7 heteroatoms. The fraction of sp³-hybridized carbons (Fsp3) is 0.227. The summed E-state index contributed by atoms with van der Waals surface area (Å²) in [6.07, 6.45) is 2.52. The molecule has 0 bridgehead atoms. The van der Waals surface area contributed by atoms with E-state index in [1.807, 2.05) is 60.7 Å². The molecule has 0 aromatic heterocycles. The number of hydrogen-bond donors (Lipinski definition) is 3. The van der Waals surface area contributed by atoms with Gasteiger partial charge in [0.25, 0.3) is 0 Å². The highest BCUT2D eigenvalue weighted by Gasteiger charge is 2.13. The van der Waals surface area contributed by atoms with Crippen LogP contribution in [-0.4, -0.2) is 20.9 Å². The van der Waals surface area contributed by atoms with Crippen LogP contribution in [0.1, 0.15) is 25.7 Å². The van der Waals surface area contributed by atoms with E-state index in [9.17, 15) is 13.2 Å². The topological polar surface area (TPSA) is 87.3 Å². The molecule has 3 rings (SSSR count). The number of rotatable bonds is 10. The second kappa shape index (κ2) is 10.0. The van der Waals surface area contributed by atoms with Gasteiger partial charge in [-0.3, -0.25) is 15.6 Å². The Balaban J connectivity index is 1.35. The molecule has 6 nitrogen and oxygen atoms in total. The van der Waals surface area contributed by atoms with E-state index in [1.165, 1.54) is 0 Å². The Bertz CT molecular complexity index is 1050. The largest absolute Gasteiger partial charge is 0.299 e. The second-order valence-electron chi connectivity index (χ2n) is 6.76. The Morgan fingerprint density at radius 2 is 1.52 bits per heavy atom. The monoisotopic (exact) mass is 411 g/mol. The van der Waals surface area contributed by atoms with Crippen LogP contribution in [0.3, 0.4) is 0 Å². The molecule has 0 saturated carbocycles. The number of carbonyl (C=O) groups excluding carboxylic acids is 1. The lowest BCUT2D eigenvalue weighted by Crippen LogP contribution is -2.29. The SMILES string of the molecule is O=C(CCCCCNS(=O)(=O)c1ccc2ccccc2c1)NNc1ccccc1. The third-order valence-electron chi connectivity index (χ3n) is 4.52. The average Bonchev–Trinajstić information content (AvgIpc) is 2.75. The maximum Gasteiger partial charge on any atom is 0.240 e. The first-order chi connectivity index (χ1) is 14.0. The Morgan fingerprint density at radius 3 is 2.31 bits per heavy atom. The highest BCUT2D eigenvalue weighted by Crippen LogP contribution is 2.18. The minimum Gasteiger partial charge on any atom is -0.299 e. The number of carbonyl (C=O) groups is 1. The average molecular weight is 412 g/mol. The van der Waals surface area contributed by atoms with E-state index >= 15 is 0 Å². The summed E-state index contributed by atoms with van der Waals surface area (Å²) >= 11 is 0. The van der Waals surface area contributed by atoms with E-state index in [1.54, 1.807) is 12.1 Å². The lowest BCUT2D eigenvalue weighted by atomic mass is 10.1. The summed E-state index contributed by atoms with van der Waals surface area (Å²) in [5, 5.41) is 1.90. The van der Waals surface area contributed by atoms with Crippen molar-refractivity contribution in [2.24, 2.45) is 0 Å². The zero-order chi connectivity index (χ0) is 20.5. The van der Waals surface area contributed by atoms with Crippen molar-refractivity contribution in [3.63, 3.8) is 0 Å². The molecular formula is C22H25N3O3S. The van der Waals surface area contributed by atoms with Crippen LogP contribution in [0.5, 0.6) is 0 Å². The molecule has 3 aromatic rings. The number of hydrazine groups is 1. The quantitative estimate of drug-likeness (QED) is 0.350. The molecule has 0 heterocycles. The van der Waals surface area contributed by atoms with Crippen molar-refractivity contribution in [1.29, 1.82) is 0 Å². The molecule has 0 aliphatic rings. The predicted molar refractivity (Wildman–Crippen MR) is 116 cm³/mol. The summed E-state index contributed by atoms with van der Waals surface area (Å²) in [4.78, 5) is 12.1. The number of unbranched alkanes of at least 4 members (excludes halogenated alkanes) is 2. The molecule has 0 unspecified atom stereocenters. The van der Waals surface area contributed by atoms with E-state index in [0.717, 1.165) is 22.9 Å². The van der Waals surface area contributed by atoms with E-state index in [0.29, 0.717) is 25.8 Å². The van der Waals surface area contributed by atoms with Gasteiger partial charge in [-0.15, -0.1) is 0 Å². The summed E-state index contributed by atoms with van der Waals surface area (Å²) in [6.45, 7) is 0.346. The number of benzene rings is 3. The molecule has 0 saturated heterocycles. The number of fused-ring (bicyclic) bond motifs is 1. The molecule has 3 N–H and O–H groups in total. The minimum atomic E-state index is -3.53. The van der Waals surface area contributed by atoms with E-state index in [-0.39, 0.29) is 10.8 Å². The Kier molecular flexibility index (Phi) is 7.21. The smallest absolute Gasteiger partial charge is 0.240 e. The van der Waals surface area contributed by atoms with Gasteiger partial charge in [-0.25, -0.2) is 13.1 Å². The van der Waals surface area contributed by atoms with Gasteiger partial charge in [-0.05, 0) is 47.9 Å². The van der Waals surface area contributed by atoms with Crippen molar-refractivity contribution < 1.29 is 13.2 Å². The van der Waals surface area contributed by atoms with Gasteiger partial charge in [-0.1, -0.05) is 55.0 Å². The van der Waals surface area contributed by atoms with Crippen LogP contribution in [0.25, 0.3) is 10.8 Å². The van der Waals surface area contributed by atoms with Crippen LogP contribution in [-0.2, 0) is 14.8 Å². The van der Waals surface area contributed by atoms with Crippen LogP contribution in [0.2, 0.25) is 0 Å². The number of para-hydroxylation sites is 1. The molecule has 29 heavy (non-hydrogen) atoms. The van der Waals surface area contributed by atoms with E-state index in [2.05, 4.69) is 15.6 Å². The first kappa shape index (κ1) is 20.8. The van der Waals surface area contributed by atoms with Crippen molar-refractivity contribution in [3.05, 3.63) is 72.8 Å². The molecule has 0 atom stereocenters. The summed E-state index contributed by atoms with van der Waals surface area (Å²) in [7, 11) is -3.53. The summed E-state index contributed by atoms with van der Waals surface area (Å²) in [6, 6.07) is 22.2. The number of anilines is 1. The zero-order valence-corrected chi connectivity index (χ0v) is 16.9. The van der Waals surface area contributed by atoms with Gasteiger partial charge in [0.15, 0.2) is 0 Å². The fourth-order valence-electron chi connectivity index (χ4n) is 2.94. The number of hydrogen-bond acceptors (Lipinski definition) is 4. The molecule has 1 amide bonds. The second-order valence-corrected chi connectivity index (χ2v) is 8.52. The van der Waals surface area contributed by atoms with Gasteiger partial charge >= 0.3 is 0 Å². The van der Waals surface area contributed by atoms with Gasteiger partial charge in [0.2, 0.25) is 15.9 Å². The summed E-state index contributed by atoms with van der Waals surface area (Å²) in [5.41, 5.74) is 6.33. The van der Waals surface area contributed by atoms with Crippen LogP contribution in [0.4, 0.5) is 5.69 Å². The number of nitrogens with one attached hydrogen (secondary N) is 3. The minimum absolute atomic E-state index is 0.0920. The maximum absolute atomic E-state index is 12.5. The highest BCUT2D eigenvalue weighted by atomic mass is 32.2. The molecule has 152 valence electrons. The van der Waals surface area contributed by atoms with Crippen molar-refractivity contribution in [3.8, 4) is 0 Å². The predicted octanol–water partition coefficient (Wildman–Crippen LogP) is 3.82.